The molecule has 1 fully saturated rings. The van der Waals surface area contributed by atoms with Gasteiger partial charge in [0.25, 0.3) is 0 Å². The first kappa shape index (κ1) is 10.5. The van der Waals surface area contributed by atoms with Gasteiger partial charge in [-0.2, -0.15) is 0 Å². The Hall–Kier alpha value is -1.06. The minimum absolute atomic E-state index is 0.520. The molecule has 1 saturated heterocycles. The lowest BCUT2D eigenvalue weighted by atomic mass is 10.2. The lowest BCUT2D eigenvalue weighted by Crippen LogP contribution is -2.28. The standard InChI is InChI=1S/C12H17NO2/c1-14-12-4-2-10(3-5-12)8-13-11-6-7-15-9-11/h2-5,11,13H,6-9H2,1H3/t11-/m1/s1. The Morgan fingerprint density at radius 2 is 2.20 bits per heavy atom. The SMILES string of the molecule is COc1ccc(CN[C@@H]2CCOC2)cc1. The second-order valence-electron chi connectivity index (χ2n) is 3.79. The van der Waals surface area contributed by atoms with Crippen molar-refractivity contribution >= 4 is 0 Å². The van der Waals surface area contributed by atoms with Crippen LogP contribution < -0.4 is 10.1 Å². The third kappa shape index (κ3) is 2.94. The number of hydrogen-bond donors (Lipinski definition) is 1. The molecule has 1 N–H and O–H groups in total. The van der Waals surface area contributed by atoms with Gasteiger partial charge in [-0.25, -0.2) is 0 Å². The van der Waals surface area contributed by atoms with E-state index in [4.69, 9.17) is 9.47 Å². The molecular weight excluding hydrogens is 190 g/mol. The van der Waals surface area contributed by atoms with Crippen LogP contribution in [0.1, 0.15) is 12.0 Å². The van der Waals surface area contributed by atoms with Crippen LogP contribution in [0, 0.1) is 0 Å². The van der Waals surface area contributed by atoms with Crippen LogP contribution in [-0.4, -0.2) is 26.4 Å². The van der Waals surface area contributed by atoms with Crippen LogP contribution in [0.15, 0.2) is 24.3 Å². The van der Waals surface area contributed by atoms with E-state index in [9.17, 15) is 0 Å². The Bertz CT molecular complexity index is 291. The number of nitrogens with one attached hydrogen (secondary N) is 1. The number of rotatable bonds is 4. The van der Waals surface area contributed by atoms with E-state index in [-0.39, 0.29) is 0 Å². The van der Waals surface area contributed by atoms with Gasteiger partial charge in [-0.3, -0.25) is 0 Å². The summed E-state index contributed by atoms with van der Waals surface area (Å²) in [5.41, 5.74) is 1.28. The van der Waals surface area contributed by atoms with Crippen LogP contribution in [0.25, 0.3) is 0 Å². The van der Waals surface area contributed by atoms with Gasteiger partial charge in [0.1, 0.15) is 5.75 Å². The van der Waals surface area contributed by atoms with Crippen molar-refractivity contribution in [2.24, 2.45) is 0 Å². The average Bonchev–Trinajstić information content (AvgIpc) is 2.80. The third-order valence-corrected chi connectivity index (χ3v) is 2.68. The number of benzene rings is 1. The largest absolute Gasteiger partial charge is 0.497 e. The molecule has 0 spiro atoms. The molecule has 0 saturated carbocycles. The van der Waals surface area contributed by atoms with Gasteiger partial charge in [0.05, 0.1) is 13.7 Å². The number of hydrogen-bond acceptors (Lipinski definition) is 3. The molecule has 0 amide bonds. The van der Waals surface area contributed by atoms with Crippen molar-refractivity contribution in [3.63, 3.8) is 0 Å². The Morgan fingerprint density at radius 1 is 1.40 bits per heavy atom. The third-order valence-electron chi connectivity index (χ3n) is 2.68. The summed E-state index contributed by atoms with van der Waals surface area (Å²) < 4.78 is 10.4. The summed E-state index contributed by atoms with van der Waals surface area (Å²) in [6.45, 7) is 2.63. The Kier molecular flexibility index (Phi) is 3.59. The second-order valence-corrected chi connectivity index (χ2v) is 3.79. The summed E-state index contributed by atoms with van der Waals surface area (Å²) in [4.78, 5) is 0. The molecule has 1 atom stereocenters. The van der Waals surface area contributed by atoms with Crippen LogP contribution in [-0.2, 0) is 11.3 Å². The predicted molar refractivity (Wildman–Crippen MR) is 59.1 cm³/mol. The molecule has 3 heteroatoms. The van der Waals surface area contributed by atoms with E-state index in [2.05, 4.69) is 17.4 Å². The molecule has 82 valence electrons. The van der Waals surface area contributed by atoms with Gasteiger partial charge >= 0.3 is 0 Å². The van der Waals surface area contributed by atoms with E-state index in [0.29, 0.717) is 6.04 Å². The summed E-state index contributed by atoms with van der Waals surface area (Å²) in [6, 6.07) is 8.67. The van der Waals surface area contributed by atoms with E-state index in [0.717, 1.165) is 31.9 Å². The van der Waals surface area contributed by atoms with E-state index >= 15 is 0 Å². The highest BCUT2D eigenvalue weighted by molar-refractivity contribution is 5.27. The zero-order valence-electron chi connectivity index (χ0n) is 9.03. The van der Waals surface area contributed by atoms with Gasteiger partial charge in [-0.1, -0.05) is 12.1 Å². The summed E-state index contributed by atoms with van der Waals surface area (Å²) in [7, 11) is 1.68. The van der Waals surface area contributed by atoms with Gasteiger partial charge in [0.15, 0.2) is 0 Å². The van der Waals surface area contributed by atoms with Crippen LogP contribution in [0.3, 0.4) is 0 Å². The van der Waals surface area contributed by atoms with Gasteiger partial charge < -0.3 is 14.8 Å². The monoisotopic (exact) mass is 207 g/mol. The Morgan fingerprint density at radius 3 is 2.80 bits per heavy atom. The quantitative estimate of drug-likeness (QED) is 0.813. The van der Waals surface area contributed by atoms with Gasteiger partial charge in [-0.15, -0.1) is 0 Å². The Labute approximate surface area is 90.4 Å². The maximum absolute atomic E-state index is 5.30. The normalized spacial score (nSPS) is 20.5. The number of methoxy groups -OCH3 is 1. The van der Waals surface area contributed by atoms with Crippen LogP contribution in [0.5, 0.6) is 5.75 Å². The first-order valence-electron chi connectivity index (χ1n) is 5.32. The lowest BCUT2D eigenvalue weighted by Gasteiger charge is -2.10. The summed E-state index contributed by atoms with van der Waals surface area (Å²) in [5.74, 6) is 0.906. The predicted octanol–water partition coefficient (Wildman–Crippen LogP) is 1.57. The number of ether oxygens (including phenoxy) is 2. The summed E-state index contributed by atoms with van der Waals surface area (Å²) >= 11 is 0. The molecular formula is C12H17NO2. The topological polar surface area (TPSA) is 30.5 Å². The summed E-state index contributed by atoms with van der Waals surface area (Å²) in [5, 5.41) is 3.47. The fourth-order valence-electron chi connectivity index (χ4n) is 1.70. The fourth-order valence-corrected chi connectivity index (χ4v) is 1.70. The minimum Gasteiger partial charge on any atom is -0.497 e. The second kappa shape index (κ2) is 5.14. The highest BCUT2D eigenvalue weighted by atomic mass is 16.5. The van der Waals surface area contributed by atoms with Crippen molar-refractivity contribution in [3.05, 3.63) is 29.8 Å². The van der Waals surface area contributed by atoms with Crippen LogP contribution >= 0.6 is 0 Å². The smallest absolute Gasteiger partial charge is 0.118 e. The van der Waals surface area contributed by atoms with E-state index in [1.165, 1.54) is 5.56 Å². The van der Waals surface area contributed by atoms with Crippen LogP contribution in [0.4, 0.5) is 0 Å². The van der Waals surface area contributed by atoms with Crippen molar-refractivity contribution in [1.29, 1.82) is 0 Å². The van der Waals surface area contributed by atoms with Crippen LogP contribution in [0.2, 0.25) is 0 Å². The molecule has 0 aromatic heterocycles. The highest BCUT2D eigenvalue weighted by Gasteiger charge is 2.14. The molecule has 1 aliphatic rings. The molecule has 15 heavy (non-hydrogen) atoms. The molecule has 2 rings (SSSR count). The maximum Gasteiger partial charge on any atom is 0.118 e. The molecule has 0 bridgehead atoms. The molecule has 1 aromatic rings. The zero-order valence-corrected chi connectivity index (χ0v) is 9.03. The minimum atomic E-state index is 0.520. The first-order chi connectivity index (χ1) is 7.38. The molecule has 1 aliphatic heterocycles. The van der Waals surface area contributed by atoms with Gasteiger partial charge in [-0.05, 0) is 24.1 Å². The van der Waals surface area contributed by atoms with E-state index in [1.54, 1.807) is 7.11 Å². The molecule has 3 nitrogen and oxygen atoms in total. The zero-order chi connectivity index (χ0) is 10.5. The molecule has 0 radical (unpaired) electrons. The van der Waals surface area contributed by atoms with E-state index in [1.807, 2.05) is 12.1 Å². The maximum atomic E-state index is 5.30. The van der Waals surface area contributed by atoms with Gasteiger partial charge in [0.2, 0.25) is 0 Å². The van der Waals surface area contributed by atoms with Crippen molar-refractivity contribution in [3.8, 4) is 5.75 Å². The van der Waals surface area contributed by atoms with Gasteiger partial charge in [0, 0.05) is 19.2 Å². The fraction of sp³-hybridized carbons (Fsp3) is 0.500. The molecule has 0 unspecified atom stereocenters. The molecule has 1 heterocycles. The summed E-state index contributed by atoms with van der Waals surface area (Å²) in [6.07, 6.45) is 1.12. The van der Waals surface area contributed by atoms with Crippen molar-refractivity contribution < 1.29 is 9.47 Å². The van der Waals surface area contributed by atoms with E-state index < -0.39 is 0 Å². The lowest BCUT2D eigenvalue weighted by molar-refractivity contribution is 0.190. The molecule has 1 aromatic carbocycles. The Balaban J connectivity index is 1.82. The van der Waals surface area contributed by atoms with Crippen molar-refractivity contribution in [1.82, 2.24) is 5.32 Å². The van der Waals surface area contributed by atoms with Crippen molar-refractivity contribution in [2.45, 2.75) is 19.0 Å². The highest BCUT2D eigenvalue weighted by Crippen LogP contribution is 2.12. The average molecular weight is 207 g/mol. The molecule has 0 aliphatic carbocycles. The van der Waals surface area contributed by atoms with Crippen molar-refractivity contribution in [2.75, 3.05) is 20.3 Å². The first-order valence-corrected chi connectivity index (χ1v) is 5.32.